The highest BCUT2D eigenvalue weighted by molar-refractivity contribution is 5.70. The molecule has 0 amide bonds. The van der Waals surface area contributed by atoms with Crippen molar-refractivity contribution in [1.29, 1.82) is 0 Å². The van der Waals surface area contributed by atoms with Crippen LogP contribution in [0.3, 0.4) is 0 Å². The molecule has 0 saturated heterocycles. The fraction of sp³-hybridized carbons (Fsp3) is 0.545. The molecule has 0 atom stereocenters. The van der Waals surface area contributed by atoms with E-state index < -0.39 is 0 Å². The Morgan fingerprint density at radius 2 is 2.17 bits per heavy atom. The monoisotopic (exact) mass is 249 g/mol. The SMILES string of the molecule is COC1(Cc2nc3nc(N)[nH]c(=O)c3[nH]2)CCC1. The Bertz CT molecular complexity index is 635. The lowest BCUT2D eigenvalue weighted by atomic mass is 9.77. The number of aromatic nitrogens is 4. The maximum Gasteiger partial charge on any atom is 0.278 e. The average Bonchev–Trinajstić information content (AvgIpc) is 2.66. The Labute approximate surface area is 103 Å². The summed E-state index contributed by atoms with van der Waals surface area (Å²) in [7, 11) is 1.71. The molecule has 7 heteroatoms. The second-order valence-electron chi connectivity index (χ2n) is 4.75. The Balaban J connectivity index is 1.99. The average molecular weight is 249 g/mol. The maximum atomic E-state index is 11.7. The van der Waals surface area contributed by atoms with Gasteiger partial charge in [0.15, 0.2) is 11.2 Å². The number of anilines is 1. The van der Waals surface area contributed by atoms with Gasteiger partial charge in [0.2, 0.25) is 5.95 Å². The number of nitrogens with two attached hydrogens (primary N) is 1. The molecular weight excluding hydrogens is 234 g/mol. The van der Waals surface area contributed by atoms with Crippen molar-refractivity contribution in [3.05, 3.63) is 16.2 Å². The summed E-state index contributed by atoms with van der Waals surface area (Å²) in [5, 5.41) is 0. The fourth-order valence-corrected chi connectivity index (χ4v) is 2.39. The summed E-state index contributed by atoms with van der Waals surface area (Å²) in [6.07, 6.45) is 3.87. The zero-order valence-corrected chi connectivity index (χ0v) is 10.1. The van der Waals surface area contributed by atoms with Gasteiger partial charge in [-0.1, -0.05) is 0 Å². The van der Waals surface area contributed by atoms with Crippen molar-refractivity contribution in [2.45, 2.75) is 31.3 Å². The molecule has 18 heavy (non-hydrogen) atoms. The second-order valence-corrected chi connectivity index (χ2v) is 4.75. The van der Waals surface area contributed by atoms with E-state index in [-0.39, 0.29) is 17.1 Å². The highest BCUT2D eigenvalue weighted by atomic mass is 16.5. The molecule has 1 aliphatic rings. The summed E-state index contributed by atoms with van der Waals surface area (Å²) < 4.78 is 5.54. The van der Waals surface area contributed by atoms with Gasteiger partial charge in [0, 0.05) is 13.5 Å². The zero-order valence-electron chi connectivity index (χ0n) is 10.1. The van der Waals surface area contributed by atoms with Gasteiger partial charge in [-0.2, -0.15) is 4.98 Å². The molecule has 0 radical (unpaired) electrons. The van der Waals surface area contributed by atoms with Crippen LogP contribution in [0.4, 0.5) is 5.95 Å². The van der Waals surface area contributed by atoms with Crippen LogP contribution in [0.2, 0.25) is 0 Å². The van der Waals surface area contributed by atoms with Crippen LogP contribution in [0.1, 0.15) is 25.1 Å². The van der Waals surface area contributed by atoms with Crippen molar-refractivity contribution in [3.63, 3.8) is 0 Å². The summed E-state index contributed by atoms with van der Waals surface area (Å²) in [4.78, 5) is 25.4. The fourth-order valence-electron chi connectivity index (χ4n) is 2.39. The molecule has 1 fully saturated rings. The van der Waals surface area contributed by atoms with Crippen LogP contribution in [0.15, 0.2) is 4.79 Å². The van der Waals surface area contributed by atoms with Gasteiger partial charge >= 0.3 is 0 Å². The van der Waals surface area contributed by atoms with Gasteiger partial charge in [-0.15, -0.1) is 0 Å². The first-order valence-corrected chi connectivity index (χ1v) is 5.91. The molecule has 2 aromatic rings. The first-order chi connectivity index (χ1) is 8.62. The first-order valence-electron chi connectivity index (χ1n) is 5.91. The van der Waals surface area contributed by atoms with E-state index in [9.17, 15) is 4.79 Å². The van der Waals surface area contributed by atoms with Crippen molar-refractivity contribution in [3.8, 4) is 0 Å². The van der Waals surface area contributed by atoms with E-state index >= 15 is 0 Å². The van der Waals surface area contributed by atoms with E-state index in [1.165, 1.54) is 6.42 Å². The molecule has 2 aromatic heterocycles. The van der Waals surface area contributed by atoms with Crippen LogP contribution >= 0.6 is 0 Å². The summed E-state index contributed by atoms with van der Waals surface area (Å²) >= 11 is 0. The maximum absolute atomic E-state index is 11.7. The molecule has 1 saturated carbocycles. The highest BCUT2D eigenvalue weighted by Gasteiger charge is 2.38. The zero-order chi connectivity index (χ0) is 12.8. The highest BCUT2D eigenvalue weighted by Crippen LogP contribution is 2.37. The van der Waals surface area contributed by atoms with Crippen molar-refractivity contribution < 1.29 is 4.74 Å². The predicted molar refractivity (Wildman–Crippen MR) is 66.2 cm³/mol. The van der Waals surface area contributed by atoms with Gasteiger partial charge in [-0.25, -0.2) is 4.98 Å². The minimum Gasteiger partial charge on any atom is -0.378 e. The molecule has 96 valence electrons. The molecular formula is C11H15N5O2. The first kappa shape index (κ1) is 11.2. The lowest BCUT2D eigenvalue weighted by Crippen LogP contribution is -2.41. The lowest BCUT2D eigenvalue weighted by Gasteiger charge is -2.39. The molecule has 1 aliphatic carbocycles. The van der Waals surface area contributed by atoms with E-state index in [1.807, 2.05) is 0 Å². The van der Waals surface area contributed by atoms with Gasteiger partial charge < -0.3 is 15.5 Å². The molecule has 0 aromatic carbocycles. The van der Waals surface area contributed by atoms with E-state index in [0.717, 1.165) is 18.7 Å². The molecule has 2 heterocycles. The second kappa shape index (κ2) is 3.81. The number of nitrogen functional groups attached to an aromatic ring is 1. The van der Waals surface area contributed by atoms with Crippen LogP contribution in [0.5, 0.6) is 0 Å². The summed E-state index contributed by atoms with van der Waals surface area (Å²) in [6, 6.07) is 0. The molecule has 0 bridgehead atoms. The summed E-state index contributed by atoms with van der Waals surface area (Å²) in [5.41, 5.74) is 5.78. The number of ether oxygens (including phenoxy) is 1. The van der Waals surface area contributed by atoms with Crippen LogP contribution in [0, 0.1) is 0 Å². The standard InChI is InChI=1S/C11H15N5O2/c1-18-11(3-2-4-11)5-6-13-7-8(14-6)15-10(12)16-9(7)17/h2-5H2,1H3,(H4,12,13,14,15,16,17). The third-order valence-electron chi connectivity index (χ3n) is 3.62. The van der Waals surface area contributed by atoms with Gasteiger partial charge in [0.1, 0.15) is 5.82 Å². The van der Waals surface area contributed by atoms with E-state index in [2.05, 4.69) is 19.9 Å². The topological polar surface area (TPSA) is 110 Å². The van der Waals surface area contributed by atoms with Crippen molar-refractivity contribution in [1.82, 2.24) is 19.9 Å². The molecule has 0 aliphatic heterocycles. The third-order valence-corrected chi connectivity index (χ3v) is 3.62. The van der Waals surface area contributed by atoms with E-state index in [1.54, 1.807) is 7.11 Å². The minimum atomic E-state index is -0.295. The van der Waals surface area contributed by atoms with Gasteiger partial charge in [-0.3, -0.25) is 9.78 Å². The molecule has 0 spiro atoms. The minimum absolute atomic E-state index is 0.0793. The van der Waals surface area contributed by atoms with Crippen molar-refractivity contribution in [2.75, 3.05) is 12.8 Å². The van der Waals surface area contributed by atoms with Crippen LogP contribution in [0.25, 0.3) is 11.2 Å². The Hall–Kier alpha value is -1.89. The van der Waals surface area contributed by atoms with E-state index in [0.29, 0.717) is 17.6 Å². The Kier molecular flexibility index (Phi) is 2.37. The Morgan fingerprint density at radius 3 is 2.78 bits per heavy atom. The number of fused-ring (bicyclic) bond motifs is 1. The summed E-state index contributed by atoms with van der Waals surface area (Å²) in [6.45, 7) is 0. The Morgan fingerprint density at radius 1 is 1.39 bits per heavy atom. The predicted octanol–water partition coefficient (Wildman–Crippen LogP) is 0.340. The number of nitrogens with one attached hydrogen (secondary N) is 2. The molecule has 4 N–H and O–H groups in total. The number of aromatic amines is 2. The number of hydrogen-bond donors (Lipinski definition) is 3. The van der Waals surface area contributed by atoms with E-state index in [4.69, 9.17) is 10.5 Å². The quantitative estimate of drug-likeness (QED) is 0.726. The summed E-state index contributed by atoms with van der Waals surface area (Å²) in [5.74, 6) is 0.797. The van der Waals surface area contributed by atoms with Crippen LogP contribution < -0.4 is 11.3 Å². The number of nitrogens with zero attached hydrogens (tertiary/aromatic N) is 2. The number of hydrogen-bond acceptors (Lipinski definition) is 5. The number of methoxy groups -OCH3 is 1. The molecule has 7 nitrogen and oxygen atoms in total. The third kappa shape index (κ3) is 1.67. The normalized spacial score (nSPS) is 17.8. The van der Waals surface area contributed by atoms with Crippen LogP contribution in [-0.2, 0) is 11.2 Å². The lowest BCUT2D eigenvalue weighted by molar-refractivity contribution is -0.0719. The van der Waals surface area contributed by atoms with Crippen molar-refractivity contribution >= 4 is 17.1 Å². The van der Waals surface area contributed by atoms with Crippen LogP contribution in [-0.4, -0.2) is 32.6 Å². The van der Waals surface area contributed by atoms with Gasteiger partial charge in [0.25, 0.3) is 5.56 Å². The van der Waals surface area contributed by atoms with Crippen molar-refractivity contribution in [2.24, 2.45) is 0 Å². The smallest absolute Gasteiger partial charge is 0.278 e. The number of rotatable bonds is 3. The number of imidazole rings is 1. The van der Waals surface area contributed by atoms with Gasteiger partial charge in [0.05, 0.1) is 5.60 Å². The van der Waals surface area contributed by atoms with Gasteiger partial charge in [-0.05, 0) is 19.3 Å². The number of H-pyrrole nitrogens is 2. The molecule has 3 rings (SSSR count). The largest absolute Gasteiger partial charge is 0.378 e. The molecule has 0 unspecified atom stereocenters.